The number of Topliss-reactive ketones (excluding diaryl/α,β-unsaturated/α-hetero) is 1. The minimum absolute atomic E-state index is 0.0167. The molecule has 0 heterocycles. The van der Waals surface area contributed by atoms with Gasteiger partial charge in [0.05, 0.1) is 5.56 Å². The van der Waals surface area contributed by atoms with Gasteiger partial charge in [0, 0.05) is 11.5 Å². The summed E-state index contributed by atoms with van der Waals surface area (Å²) in [6, 6.07) is 5.79. The van der Waals surface area contributed by atoms with Crippen molar-refractivity contribution in [2.45, 2.75) is 39.5 Å². The maximum absolute atomic E-state index is 13.2. The van der Waals surface area contributed by atoms with Crippen LogP contribution in [0.5, 0.6) is 0 Å². The zero-order valence-corrected chi connectivity index (χ0v) is 10.9. The molecule has 0 aromatic heterocycles. The first kappa shape index (κ1) is 14.4. The Morgan fingerprint density at radius 3 is 2.44 bits per heavy atom. The van der Waals surface area contributed by atoms with Gasteiger partial charge in [0.2, 0.25) is 0 Å². The topological polar surface area (TPSA) is 40.9 Å². The Kier molecular flexibility index (Phi) is 5.51. The van der Waals surface area contributed by atoms with Gasteiger partial charge in [-0.15, -0.1) is 0 Å². The molecular weight excluding hydrogens is 229 g/mol. The number of carbonyl (C=O) groups is 1. The molecule has 0 unspecified atom stereocenters. The number of carbonyl (C=O) groups excluding carboxylic acids is 1. The molecule has 0 atom stereocenters. The molecule has 0 saturated carbocycles. The Balaban J connectivity index is 2.98. The molecule has 1 aromatic carbocycles. The van der Waals surface area contributed by atoms with E-state index >= 15 is 0 Å². The highest BCUT2D eigenvalue weighted by Gasteiger charge is 2.19. The number of rotatable bonds is 6. The Bertz CT molecular complexity index is 456. The van der Waals surface area contributed by atoms with Crippen LogP contribution in [0.25, 0.3) is 0 Å². The first-order valence-corrected chi connectivity index (χ1v) is 6.37. The van der Waals surface area contributed by atoms with Crippen LogP contribution in [-0.4, -0.2) is 5.78 Å². The molecule has 0 amide bonds. The van der Waals surface area contributed by atoms with E-state index in [0.717, 1.165) is 25.7 Å². The minimum Gasteiger partial charge on any atom is -0.294 e. The fraction of sp³-hybridized carbons (Fsp3) is 0.467. The SMILES string of the molecule is CCCC(CCC)C(=O)c1ccc(F)c(C#N)c1. The van der Waals surface area contributed by atoms with Crippen LogP contribution in [0.1, 0.15) is 55.5 Å². The molecule has 0 aliphatic rings. The van der Waals surface area contributed by atoms with Crippen molar-refractivity contribution in [3.8, 4) is 6.07 Å². The van der Waals surface area contributed by atoms with Crippen molar-refractivity contribution in [1.82, 2.24) is 0 Å². The molecule has 0 spiro atoms. The van der Waals surface area contributed by atoms with Gasteiger partial charge < -0.3 is 0 Å². The van der Waals surface area contributed by atoms with Crippen LogP contribution in [0.2, 0.25) is 0 Å². The van der Waals surface area contributed by atoms with Crippen LogP contribution < -0.4 is 0 Å². The van der Waals surface area contributed by atoms with Crippen molar-refractivity contribution >= 4 is 5.78 Å². The average Bonchev–Trinajstić information content (AvgIpc) is 2.38. The van der Waals surface area contributed by atoms with E-state index in [0.29, 0.717) is 5.56 Å². The van der Waals surface area contributed by atoms with Crippen molar-refractivity contribution in [3.63, 3.8) is 0 Å². The number of hydrogen-bond acceptors (Lipinski definition) is 2. The van der Waals surface area contributed by atoms with E-state index in [1.807, 2.05) is 13.8 Å². The van der Waals surface area contributed by atoms with Crippen LogP contribution in [0.4, 0.5) is 4.39 Å². The molecule has 0 aliphatic carbocycles. The molecule has 96 valence electrons. The number of hydrogen-bond donors (Lipinski definition) is 0. The maximum Gasteiger partial charge on any atom is 0.165 e. The van der Waals surface area contributed by atoms with Crippen LogP contribution >= 0.6 is 0 Å². The van der Waals surface area contributed by atoms with Crippen molar-refractivity contribution in [2.24, 2.45) is 5.92 Å². The monoisotopic (exact) mass is 247 g/mol. The number of nitriles is 1. The normalized spacial score (nSPS) is 10.4. The van der Waals surface area contributed by atoms with E-state index in [-0.39, 0.29) is 17.3 Å². The zero-order valence-electron chi connectivity index (χ0n) is 10.9. The van der Waals surface area contributed by atoms with E-state index in [9.17, 15) is 9.18 Å². The molecule has 18 heavy (non-hydrogen) atoms. The van der Waals surface area contributed by atoms with E-state index < -0.39 is 5.82 Å². The van der Waals surface area contributed by atoms with E-state index in [2.05, 4.69) is 0 Å². The number of nitrogens with zero attached hydrogens (tertiary/aromatic N) is 1. The molecule has 1 rings (SSSR count). The van der Waals surface area contributed by atoms with Crippen molar-refractivity contribution < 1.29 is 9.18 Å². The lowest BCUT2D eigenvalue weighted by molar-refractivity contribution is 0.0905. The second-order valence-electron chi connectivity index (χ2n) is 4.44. The number of ketones is 1. The molecule has 0 saturated heterocycles. The third-order valence-corrected chi connectivity index (χ3v) is 3.02. The van der Waals surface area contributed by atoms with E-state index in [1.54, 1.807) is 6.07 Å². The van der Waals surface area contributed by atoms with Gasteiger partial charge in [0.25, 0.3) is 0 Å². The van der Waals surface area contributed by atoms with Gasteiger partial charge in [0.15, 0.2) is 5.78 Å². The summed E-state index contributed by atoms with van der Waals surface area (Å²) in [5.41, 5.74) is 0.382. The Labute approximate surface area is 107 Å². The largest absolute Gasteiger partial charge is 0.294 e. The molecule has 0 N–H and O–H groups in total. The predicted molar refractivity (Wildman–Crippen MR) is 68.8 cm³/mol. The Hall–Kier alpha value is -1.69. The molecule has 0 bridgehead atoms. The smallest absolute Gasteiger partial charge is 0.165 e. The maximum atomic E-state index is 13.2. The van der Waals surface area contributed by atoms with Gasteiger partial charge >= 0.3 is 0 Å². The molecular formula is C15H18FNO. The molecule has 0 fully saturated rings. The van der Waals surface area contributed by atoms with Crippen molar-refractivity contribution in [2.75, 3.05) is 0 Å². The summed E-state index contributed by atoms with van der Waals surface area (Å²) in [6.07, 6.45) is 3.57. The molecule has 2 nitrogen and oxygen atoms in total. The molecule has 1 aromatic rings. The Morgan fingerprint density at radius 2 is 1.94 bits per heavy atom. The van der Waals surface area contributed by atoms with Crippen molar-refractivity contribution in [3.05, 3.63) is 35.1 Å². The Morgan fingerprint density at radius 1 is 1.33 bits per heavy atom. The van der Waals surface area contributed by atoms with Crippen LogP contribution in [-0.2, 0) is 0 Å². The van der Waals surface area contributed by atoms with E-state index in [1.165, 1.54) is 18.2 Å². The van der Waals surface area contributed by atoms with Gasteiger partial charge in [-0.3, -0.25) is 4.79 Å². The summed E-state index contributed by atoms with van der Waals surface area (Å²) < 4.78 is 13.2. The second-order valence-corrected chi connectivity index (χ2v) is 4.44. The summed E-state index contributed by atoms with van der Waals surface area (Å²) >= 11 is 0. The van der Waals surface area contributed by atoms with Crippen molar-refractivity contribution in [1.29, 1.82) is 5.26 Å². The lowest BCUT2D eigenvalue weighted by Gasteiger charge is -2.14. The molecule has 3 heteroatoms. The lowest BCUT2D eigenvalue weighted by Crippen LogP contribution is -2.15. The highest BCUT2D eigenvalue weighted by atomic mass is 19.1. The zero-order chi connectivity index (χ0) is 13.5. The standard InChI is InChI=1S/C15H18FNO/c1-3-5-11(6-4-2)15(18)12-7-8-14(16)13(9-12)10-17/h7-9,11H,3-6H2,1-2H3. The average molecular weight is 247 g/mol. The first-order chi connectivity index (χ1) is 8.63. The van der Waals surface area contributed by atoms with Gasteiger partial charge in [-0.1, -0.05) is 26.7 Å². The third-order valence-electron chi connectivity index (χ3n) is 3.02. The van der Waals surface area contributed by atoms with Crippen LogP contribution in [0, 0.1) is 23.1 Å². The minimum atomic E-state index is -0.573. The summed E-state index contributed by atoms with van der Waals surface area (Å²) in [7, 11) is 0. The fourth-order valence-electron chi connectivity index (χ4n) is 2.10. The number of benzene rings is 1. The van der Waals surface area contributed by atoms with Gasteiger partial charge in [-0.05, 0) is 31.0 Å². The molecule has 0 radical (unpaired) electrons. The third kappa shape index (κ3) is 3.40. The lowest BCUT2D eigenvalue weighted by atomic mass is 9.89. The summed E-state index contributed by atoms with van der Waals surface area (Å²) in [4.78, 5) is 12.3. The highest BCUT2D eigenvalue weighted by Crippen LogP contribution is 2.21. The highest BCUT2D eigenvalue weighted by molar-refractivity contribution is 5.98. The molecule has 0 aliphatic heterocycles. The summed E-state index contributed by atoms with van der Waals surface area (Å²) in [5, 5.41) is 8.77. The fourth-order valence-corrected chi connectivity index (χ4v) is 2.10. The van der Waals surface area contributed by atoms with Gasteiger partial charge in [0.1, 0.15) is 11.9 Å². The quantitative estimate of drug-likeness (QED) is 0.710. The number of halogens is 1. The van der Waals surface area contributed by atoms with Crippen LogP contribution in [0.15, 0.2) is 18.2 Å². The van der Waals surface area contributed by atoms with Gasteiger partial charge in [-0.25, -0.2) is 4.39 Å². The van der Waals surface area contributed by atoms with Crippen LogP contribution in [0.3, 0.4) is 0 Å². The summed E-state index contributed by atoms with van der Waals surface area (Å²) in [5.74, 6) is -0.566. The summed E-state index contributed by atoms with van der Waals surface area (Å²) in [6.45, 7) is 4.09. The first-order valence-electron chi connectivity index (χ1n) is 6.37. The second kappa shape index (κ2) is 6.90. The van der Waals surface area contributed by atoms with Gasteiger partial charge in [-0.2, -0.15) is 5.26 Å². The predicted octanol–water partition coefficient (Wildman–Crippen LogP) is 4.10. The van der Waals surface area contributed by atoms with E-state index in [4.69, 9.17) is 5.26 Å².